The van der Waals surface area contributed by atoms with Crippen molar-refractivity contribution in [2.24, 2.45) is 0 Å². The highest BCUT2D eigenvalue weighted by atomic mass is 19.1. The van der Waals surface area contributed by atoms with Crippen LogP contribution in [-0.2, 0) is 0 Å². The van der Waals surface area contributed by atoms with Gasteiger partial charge in [-0.15, -0.1) is 0 Å². The van der Waals surface area contributed by atoms with Crippen LogP contribution in [0, 0.1) is 34.3 Å². The second-order valence-electron chi connectivity index (χ2n) is 7.72. The summed E-state index contributed by atoms with van der Waals surface area (Å²) in [5, 5.41) is 20.9. The molecule has 0 aliphatic heterocycles. The van der Waals surface area contributed by atoms with Crippen LogP contribution in [0.25, 0.3) is 11.1 Å². The first-order chi connectivity index (χ1) is 17.5. The van der Waals surface area contributed by atoms with Crippen molar-refractivity contribution in [3.8, 4) is 23.3 Å². The molecule has 4 aromatic rings. The summed E-state index contributed by atoms with van der Waals surface area (Å²) in [5.74, 6) is -1.34. The number of anilines is 4. The maximum Gasteiger partial charge on any atom is 0.229 e. The second kappa shape index (κ2) is 11.0. The number of benzene rings is 3. The Bertz CT molecular complexity index is 1420. The van der Waals surface area contributed by atoms with Gasteiger partial charge in [0.25, 0.3) is 0 Å². The second-order valence-corrected chi connectivity index (χ2v) is 7.72. The number of hydrogen-bond donors (Lipinski definition) is 1. The molecule has 178 valence electrons. The Kier molecular flexibility index (Phi) is 7.42. The minimum absolute atomic E-state index is 0.0200. The predicted molar refractivity (Wildman–Crippen MR) is 131 cm³/mol. The van der Waals surface area contributed by atoms with Crippen molar-refractivity contribution < 1.29 is 13.2 Å². The zero-order valence-electron chi connectivity index (χ0n) is 18.9. The van der Waals surface area contributed by atoms with Gasteiger partial charge < -0.3 is 10.2 Å². The van der Waals surface area contributed by atoms with Crippen LogP contribution in [0.4, 0.5) is 36.3 Å². The largest absolute Gasteiger partial charge is 0.324 e. The molecule has 6 nitrogen and oxygen atoms in total. The lowest BCUT2D eigenvalue weighted by Crippen LogP contribution is -2.23. The number of halogens is 3. The molecule has 9 heteroatoms. The summed E-state index contributed by atoms with van der Waals surface area (Å²) >= 11 is 0. The van der Waals surface area contributed by atoms with E-state index in [-0.39, 0.29) is 30.4 Å². The van der Waals surface area contributed by atoms with Gasteiger partial charge in [-0.05, 0) is 72.1 Å². The quantitative estimate of drug-likeness (QED) is 0.311. The van der Waals surface area contributed by atoms with E-state index in [1.54, 1.807) is 48.5 Å². The lowest BCUT2D eigenvalue weighted by Gasteiger charge is -2.25. The molecule has 1 heterocycles. The molecule has 36 heavy (non-hydrogen) atoms. The fourth-order valence-corrected chi connectivity index (χ4v) is 3.60. The van der Waals surface area contributed by atoms with Crippen molar-refractivity contribution in [1.29, 1.82) is 10.5 Å². The molecule has 0 aliphatic carbocycles. The molecule has 3 aromatic carbocycles. The SMILES string of the molecule is N#Cc1ccc(Nc2nccc(N(CCCF)c3c(F)cc(-c4ccc(C#N)cc4)cc3F)n2)cc1. The van der Waals surface area contributed by atoms with Gasteiger partial charge in [-0.25, -0.2) is 13.8 Å². The van der Waals surface area contributed by atoms with Gasteiger partial charge in [0.15, 0.2) is 11.6 Å². The lowest BCUT2D eigenvalue weighted by molar-refractivity contribution is 0.473. The van der Waals surface area contributed by atoms with Crippen LogP contribution in [0.3, 0.4) is 0 Å². The Morgan fingerprint density at radius 1 is 0.833 bits per heavy atom. The van der Waals surface area contributed by atoms with Crippen molar-refractivity contribution in [2.45, 2.75) is 6.42 Å². The first-order valence-corrected chi connectivity index (χ1v) is 11.0. The fraction of sp³-hybridized carbons (Fsp3) is 0.111. The van der Waals surface area contributed by atoms with E-state index < -0.39 is 18.3 Å². The number of nitriles is 2. The summed E-state index contributed by atoms with van der Waals surface area (Å²) < 4.78 is 43.7. The molecule has 0 unspecified atom stereocenters. The van der Waals surface area contributed by atoms with E-state index in [1.165, 1.54) is 29.3 Å². The van der Waals surface area contributed by atoms with Crippen molar-refractivity contribution in [3.05, 3.63) is 95.7 Å². The topological polar surface area (TPSA) is 88.6 Å². The number of nitrogens with one attached hydrogen (secondary N) is 1. The van der Waals surface area contributed by atoms with Gasteiger partial charge in [0.1, 0.15) is 11.5 Å². The summed E-state index contributed by atoms with van der Waals surface area (Å²) in [7, 11) is 0. The van der Waals surface area contributed by atoms with Crippen molar-refractivity contribution >= 4 is 23.1 Å². The predicted octanol–water partition coefficient (Wildman–Crippen LogP) is 6.41. The van der Waals surface area contributed by atoms with Gasteiger partial charge >= 0.3 is 0 Å². The van der Waals surface area contributed by atoms with E-state index in [0.717, 1.165) is 0 Å². The number of rotatable bonds is 8. The van der Waals surface area contributed by atoms with Crippen LogP contribution in [0.2, 0.25) is 0 Å². The standard InChI is InChI=1S/C27H19F3N6/c28-11-1-13-36(25-10-12-33-27(35-25)34-22-8-4-19(17-32)5-9-22)26-23(29)14-21(15-24(26)30)20-6-2-18(16-31)3-7-20/h2-10,12,14-15H,1,11,13H2,(H,33,34,35). The number of alkyl halides is 1. The maximum absolute atomic E-state index is 15.3. The molecular formula is C27H19F3N6. The van der Waals surface area contributed by atoms with Crippen LogP contribution in [0.1, 0.15) is 17.5 Å². The van der Waals surface area contributed by atoms with E-state index >= 15 is 8.78 Å². The van der Waals surface area contributed by atoms with Crippen LogP contribution in [-0.4, -0.2) is 23.2 Å². The van der Waals surface area contributed by atoms with Crippen LogP contribution >= 0.6 is 0 Å². The third kappa shape index (κ3) is 5.43. The van der Waals surface area contributed by atoms with E-state index in [9.17, 15) is 4.39 Å². The molecule has 0 amide bonds. The van der Waals surface area contributed by atoms with E-state index in [2.05, 4.69) is 15.3 Å². The van der Waals surface area contributed by atoms with Crippen molar-refractivity contribution in [1.82, 2.24) is 9.97 Å². The van der Waals surface area contributed by atoms with Crippen LogP contribution in [0.5, 0.6) is 0 Å². The Morgan fingerprint density at radius 3 is 2.03 bits per heavy atom. The molecule has 1 aromatic heterocycles. The van der Waals surface area contributed by atoms with Gasteiger partial charge in [0.2, 0.25) is 5.95 Å². The minimum Gasteiger partial charge on any atom is -0.324 e. The third-order valence-corrected chi connectivity index (χ3v) is 5.34. The highest BCUT2D eigenvalue weighted by molar-refractivity contribution is 5.71. The van der Waals surface area contributed by atoms with Crippen LogP contribution < -0.4 is 10.2 Å². The minimum atomic E-state index is -0.839. The number of hydrogen-bond acceptors (Lipinski definition) is 6. The average Bonchev–Trinajstić information content (AvgIpc) is 2.90. The zero-order chi connectivity index (χ0) is 25.5. The molecule has 0 atom stereocenters. The van der Waals surface area contributed by atoms with Gasteiger partial charge in [-0.1, -0.05) is 12.1 Å². The van der Waals surface area contributed by atoms with Gasteiger partial charge in [0, 0.05) is 18.4 Å². The number of aromatic nitrogens is 2. The molecule has 4 rings (SSSR count). The first-order valence-electron chi connectivity index (χ1n) is 11.0. The normalized spacial score (nSPS) is 10.4. The molecule has 1 N–H and O–H groups in total. The van der Waals surface area contributed by atoms with E-state index in [4.69, 9.17) is 10.5 Å². The van der Waals surface area contributed by atoms with Crippen LogP contribution in [0.15, 0.2) is 72.9 Å². The average molecular weight is 484 g/mol. The fourth-order valence-electron chi connectivity index (χ4n) is 3.60. The van der Waals surface area contributed by atoms with Crippen molar-refractivity contribution in [2.75, 3.05) is 23.4 Å². The Morgan fingerprint density at radius 2 is 1.44 bits per heavy atom. The van der Waals surface area contributed by atoms with E-state index in [1.807, 2.05) is 12.1 Å². The summed E-state index contributed by atoms with van der Waals surface area (Å²) in [6.45, 7) is -0.696. The Hall–Kier alpha value is -4.89. The molecule has 0 fully saturated rings. The van der Waals surface area contributed by atoms with E-state index in [0.29, 0.717) is 27.9 Å². The molecule has 0 bridgehead atoms. The number of nitrogens with zero attached hydrogens (tertiary/aromatic N) is 5. The molecule has 0 saturated heterocycles. The molecule has 0 spiro atoms. The monoisotopic (exact) mass is 484 g/mol. The van der Waals surface area contributed by atoms with Gasteiger partial charge in [-0.3, -0.25) is 4.39 Å². The smallest absolute Gasteiger partial charge is 0.229 e. The first kappa shape index (κ1) is 24.2. The lowest BCUT2D eigenvalue weighted by atomic mass is 10.0. The molecule has 0 saturated carbocycles. The van der Waals surface area contributed by atoms with Crippen molar-refractivity contribution in [3.63, 3.8) is 0 Å². The maximum atomic E-state index is 15.3. The summed E-state index contributed by atoms with van der Waals surface area (Å²) in [4.78, 5) is 9.80. The highest BCUT2D eigenvalue weighted by Gasteiger charge is 2.21. The van der Waals surface area contributed by atoms with Gasteiger partial charge in [0.05, 0.1) is 29.9 Å². The Balaban J connectivity index is 1.68. The zero-order valence-corrected chi connectivity index (χ0v) is 18.9. The summed E-state index contributed by atoms with van der Waals surface area (Å²) in [6.07, 6.45) is 1.45. The van der Waals surface area contributed by atoms with Gasteiger partial charge in [-0.2, -0.15) is 15.5 Å². The summed E-state index contributed by atoms with van der Waals surface area (Å²) in [5.41, 5.74) is 2.03. The highest BCUT2D eigenvalue weighted by Crippen LogP contribution is 2.34. The Labute approximate surface area is 205 Å². The molecular weight excluding hydrogens is 465 g/mol. The molecule has 0 aliphatic rings. The third-order valence-electron chi connectivity index (χ3n) is 5.34. The summed E-state index contributed by atoms with van der Waals surface area (Å²) in [6, 6.07) is 20.9. The molecule has 0 radical (unpaired) electrons.